The van der Waals surface area contributed by atoms with Crippen LogP contribution >= 0.6 is 0 Å². The van der Waals surface area contributed by atoms with E-state index in [-0.39, 0.29) is 10.6 Å². The summed E-state index contributed by atoms with van der Waals surface area (Å²) in [5, 5.41) is 10.8. The Kier molecular flexibility index (Phi) is 3.94. The maximum Gasteiger partial charge on any atom is 0.270 e. The highest BCUT2D eigenvalue weighted by Crippen LogP contribution is 2.28. The molecule has 2 aromatic carbocycles. The normalized spacial score (nSPS) is 10.9. The summed E-state index contributed by atoms with van der Waals surface area (Å²) in [6.07, 6.45) is 1.79. The minimum atomic E-state index is -0.381. The van der Waals surface area contributed by atoms with Gasteiger partial charge in [-0.1, -0.05) is 29.8 Å². The maximum atomic E-state index is 10.8. The van der Waals surface area contributed by atoms with Gasteiger partial charge in [0, 0.05) is 18.3 Å². The number of rotatable bonds is 3. The summed E-state index contributed by atoms with van der Waals surface area (Å²) in [7, 11) is 0. The number of aliphatic imine (C=N–C) groups is 1. The summed E-state index contributed by atoms with van der Waals surface area (Å²) in [5.74, 6) is 0. The number of benzene rings is 2. The molecule has 0 amide bonds. The van der Waals surface area contributed by atoms with Gasteiger partial charge in [-0.2, -0.15) is 0 Å². The van der Waals surface area contributed by atoms with Gasteiger partial charge in [0.2, 0.25) is 0 Å². The Bertz CT molecular complexity index is 668. The van der Waals surface area contributed by atoms with Crippen molar-refractivity contribution in [3.63, 3.8) is 0 Å². The molecule has 2 aromatic rings. The fourth-order valence-corrected chi connectivity index (χ4v) is 2.13. The third-order valence-electron chi connectivity index (χ3n) is 3.07. The van der Waals surface area contributed by atoms with Gasteiger partial charge in [0.05, 0.1) is 10.6 Å². The number of nitrogens with zero attached hydrogens (tertiary/aromatic N) is 2. The van der Waals surface area contributed by atoms with Crippen LogP contribution in [0.3, 0.4) is 0 Å². The number of hydrogen-bond acceptors (Lipinski definition) is 3. The van der Waals surface area contributed by atoms with Gasteiger partial charge < -0.3 is 0 Å². The van der Waals surface area contributed by atoms with E-state index in [1.165, 1.54) is 5.56 Å². The lowest BCUT2D eigenvalue weighted by Gasteiger charge is -2.04. The first-order valence-electron chi connectivity index (χ1n) is 6.34. The monoisotopic (exact) mass is 268 g/mol. The molecule has 2 rings (SSSR count). The van der Waals surface area contributed by atoms with Crippen molar-refractivity contribution in [2.24, 2.45) is 4.99 Å². The first-order chi connectivity index (χ1) is 9.47. The highest BCUT2D eigenvalue weighted by atomic mass is 16.6. The van der Waals surface area contributed by atoms with Gasteiger partial charge >= 0.3 is 0 Å². The number of hydrogen-bond donors (Lipinski definition) is 0. The predicted molar refractivity (Wildman–Crippen MR) is 81.0 cm³/mol. The standard InChI is InChI=1S/C16H16N2O2/c1-11-5-4-6-14(7-11)10-17-16-12(2)8-15(18(19)20)9-13(16)3/h4-10H,1-3H3. The lowest BCUT2D eigenvalue weighted by molar-refractivity contribution is -0.384. The van der Waals surface area contributed by atoms with Gasteiger partial charge in [-0.15, -0.1) is 0 Å². The van der Waals surface area contributed by atoms with Crippen molar-refractivity contribution >= 4 is 17.6 Å². The van der Waals surface area contributed by atoms with Crippen molar-refractivity contribution in [3.05, 3.63) is 68.8 Å². The molecule has 102 valence electrons. The van der Waals surface area contributed by atoms with E-state index in [0.29, 0.717) is 0 Å². The van der Waals surface area contributed by atoms with Crippen LogP contribution in [0.1, 0.15) is 22.3 Å². The van der Waals surface area contributed by atoms with Crippen LogP contribution in [0.2, 0.25) is 0 Å². The topological polar surface area (TPSA) is 55.5 Å². The average molecular weight is 268 g/mol. The molecular weight excluding hydrogens is 252 g/mol. The molecule has 0 bridgehead atoms. The van der Waals surface area contributed by atoms with Gasteiger partial charge in [-0.25, -0.2) is 0 Å². The highest BCUT2D eigenvalue weighted by molar-refractivity contribution is 5.83. The van der Waals surface area contributed by atoms with E-state index < -0.39 is 0 Å². The van der Waals surface area contributed by atoms with Crippen LogP contribution in [-0.4, -0.2) is 11.1 Å². The van der Waals surface area contributed by atoms with Gasteiger partial charge in [-0.3, -0.25) is 15.1 Å². The lowest BCUT2D eigenvalue weighted by atomic mass is 10.1. The van der Waals surface area contributed by atoms with Crippen LogP contribution < -0.4 is 0 Å². The SMILES string of the molecule is Cc1cccc(C=Nc2c(C)cc([N+](=O)[O-])cc2C)c1. The van der Waals surface area contributed by atoms with Crippen LogP contribution in [0.25, 0.3) is 0 Å². The first-order valence-corrected chi connectivity index (χ1v) is 6.34. The minimum Gasteiger partial charge on any atom is -0.258 e. The molecule has 0 atom stereocenters. The van der Waals surface area contributed by atoms with E-state index in [9.17, 15) is 10.1 Å². The Balaban J connectivity index is 2.37. The Hall–Kier alpha value is -2.49. The van der Waals surface area contributed by atoms with Crippen LogP contribution in [-0.2, 0) is 0 Å². The fraction of sp³-hybridized carbons (Fsp3) is 0.188. The van der Waals surface area contributed by atoms with E-state index in [1.54, 1.807) is 18.3 Å². The molecule has 0 N–H and O–H groups in total. The number of nitro benzene ring substituents is 1. The number of non-ortho nitro benzene ring substituents is 1. The fourth-order valence-electron chi connectivity index (χ4n) is 2.13. The van der Waals surface area contributed by atoms with Gasteiger partial charge in [0.25, 0.3) is 5.69 Å². The number of nitro groups is 1. The van der Waals surface area contributed by atoms with Crippen LogP contribution in [0.4, 0.5) is 11.4 Å². The van der Waals surface area contributed by atoms with E-state index in [1.807, 2.05) is 45.0 Å². The Morgan fingerprint density at radius 3 is 2.30 bits per heavy atom. The van der Waals surface area contributed by atoms with Crippen molar-refractivity contribution in [1.82, 2.24) is 0 Å². The van der Waals surface area contributed by atoms with Crippen molar-refractivity contribution in [3.8, 4) is 0 Å². The first kappa shape index (κ1) is 13.9. The minimum absolute atomic E-state index is 0.106. The second kappa shape index (κ2) is 5.65. The quantitative estimate of drug-likeness (QED) is 0.474. The molecule has 0 saturated heterocycles. The van der Waals surface area contributed by atoms with Crippen molar-refractivity contribution in [2.75, 3.05) is 0 Å². The van der Waals surface area contributed by atoms with Crippen LogP contribution in [0.5, 0.6) is 0 Å². The molecule has 0 aliphatic rings. The highest BCUT2D eigenvalue weighted by Gasteiger charge is 2.10. The Morgan fingerprint density at radius 2 is 1.75 bits per heavy atom. The second-order valence-electron chi connectivity index (χ2n) is 4.86. The predicted octanol–water partition coefficient (Wildman–Crippen LogP) is 4.27. The summed E-state index contributed by atoms with van der Waals surface area (Å²) in [4.78, 5) is 14.9. The molecule has 4 heteroatoms. The molecule has 0 aliphatic carbocycles. The van der Waals surface area contributed by atoms with E-state index in [2.05, 4.69) is 4.99 Å². The molecule has 0 unspecified atom stereocenters. The largest absolute Gasteiger partial charge is 0.270 e. The van der Waals surface area contributed by atoms with E-state index in [0.717, 1.165) is 22.4 Å². The smallest absolute Gasteiger partial charge is 0.258 e. The second-order valence-corrected chi connectivity index (χ2v) is 4.86. The summed E-state index contributed by atoms with van der Waals surface area (Å²) in [6.45, 7) is 5.70. The molecular formula is C16H16N2O2. The van der Waals surface area contributed by atoms with E-state index >= 15 is 0 Å². The molecule has 0 aromatic heterocycles. The Morgan fingerprint density at radius 1 is 1.10 bits per heavy atom. The van der Waals surface area contributed by atoms with Gasteiger partial charge in [-0.05, 0) is 37.5 Å². The molecule has 0 aliphatic heterocycles. The third kappa shape index (κ3) is 3.09. The van der Waals surface area contributed by atoms with Gasteiger partial charge in [0.1, 0.15) is 0 Å². The van der Waals surface area contributed by atoms with E-state index in [4.69, 9.17) is 0 Å². The molecule has 0 heterocycles. The zero-order valence-electron chi connectivity index (χ0n) is 11.8. The lowest BCUT2D eigenvalue weighted by Crippen LogP contribution is -1.91. The summed E-state index contributed by atoms with van der Waals surface area (Å²) in [6, 6.07) is 11.1. The molecule has 0 radical (unpaired) electrons. The average Bonchev–Trinajstić information content (AvgIpc) is 2.37. The summed E-state index contributed by atoms with van der Waals surface area (Å²) >= 11 is 0. The molecule has 20 heavy (non-hydrogen) atoms. The zero-order chi connectivity index (χ0) is 14.7. The van der Waals surface area contributed by atoms with Crippen LogP contribution in [0.15, 0.2) is 41.4 Å². The van der Waals surface area contributed by atoms with Crippen LogP contribution in [0, 0.1) is 30.9 Å². The summed E-state index contributed by atoms with van der Waals surface area (Å²) in [5.41, 5.74) is 4.70. The molecule has 0 fully saturated rings. The number of aryl methyl sites for hydroxylation is 3. The van der Waals surface area contributed by atoms with Gasteiger partial charge in [0.15, 0.2) is 0 Å². The Labute approximate surface area is 117 Å². The summed E-state index contributed by atoms with van der Waals surface area (Å²) < 4.78 is 0. The third-order valence-corrected chi connectivity index (χ3v) is 3.07. The molecule has 4 nitrogen and oxygen atoms in total. The van der Waals surface area contributed by atoms with Crippen molar-refractivity contribution in [2.45, 2.75) is 20.8 Å². The maximum absolute atomic E-state index is 10.8. The van der Waals surface area contributed by atoms with Crippen molar-refractivity contribution in [1.29, 1.82) is 0 Å². The van der Waals surface area contributed by atoms with Crippen molar-refractivity contribution < 1.29 is 4.92 Å². The zero-order valence-corrected chi connectivity index (χ0v) is 11.8. The molecule has 0 saturated carbocycles. The molecule has 0 spiro atoms.